The number of aryl methyl sites for hydroxylation is 1. The number of aromatic nitrogens is 2. The van der Waals surface area contributed by atoms with Gasteiger partial charge in [0.2, 0.25) is 5.95 Å². The van der Waals surface area contributed by atoms with Crippen LogP contribution in [0.3, 0.4) is 0 Å². The van der Waals surface area contributed by atoms with Crippen LogP contribution in [0.15, 0.2) is 42.5 Å². The molecule has 0 aliphatic heterocycles. The Morgan fingerprint density at radius 1 is 1.16 bits per heavy atom. The zero-order chi connectivity index (χ0) is 13.4. The first kappa shape index (κ1) is 12.1. The van der Waals surface area contributed by atoms with Gasteiger partial charge in [-0.15, -0.1) is 0 Å². The van der Waals surface area contributed by atoms with Gasteiger partial charge in [-0.2, -0.15) is 0 Å². The lowest BCUT2D eigenvalue weighted by Crippen LogP contribution is -2.04. The van der Waals surface area contributed by atoms with E-state index < -0.39 is 0 Å². The van der Waals surface area contributed by atoms with Gasteiger partial charge >= 0.3 is 0 Å². The van der Waals surface area contributed by atoms with Gasteiger partial charge in [0.15, 0.2) is 0 Å². The number of nitrogen functional groups attached to an aromatic ring is 1. The number of hydrogen-bond donors (Lipinski definition) is 1. The lowest BCUT2D eigenvalue weighted by atomic mass is 10.1. The van der Waals surface area contributed by atoms with Crippen LogP contribution < -0.4 is 5.73 Å². The summed E-state index contributed by atoms with van der Waals surface area (Å²) in [5.74, 6) is 0.512. The van der Waals surface area contributed by atoms with Crippen molar-refractivity contribution in [3.05, 3.63) is 58.6 Å². The van der Waals surface area contributed by atoms with E-state index in [9.17, 15) is 0 Å². The minimum Gasteiger partial charge on any atom is -0.369 e. The molecular formula is C15H14ClN3. The topological polar surface area (TPSA) is 43.8 Å². The molecule has 0 fully saturated rings. The number of anilines is 1. The van der Waals surface area contributed by atoms with Crippen LogP contribution in [0.4, 0.5) is 5.95 Å². The summed E-state index contributed by atoms with van der Waals surface area (Å²) in [6.45, 7) is 2.79. The number of rotatable bonds is 2. The van der Waals surface area contributed by atoms with Gasteiger partial charge in [-0.05, 0) is 30.7 Å². The van der Waals surface area contributed by atoms with Gasteiger partial charge < -0.3 is 10.3 Å². The Morgan fingerprint density at radius 2 is 1.89 bits per heavy atom. The van der Waals surface area contributed by atoms with Crippen LogP contribution in [0, 0.1) is 6.92 Å². The van der Waals surface area contributed by atoms with E-state index in [0.29, 0.717) is 17.5 Å². The van der Waals surface area contributed by atoms with Crippen molar-refractivity contribution < 1.29 is 0 Å². The first-order valence-corrected chi connectivity index (χ1v) is 6.48. The van der Waals surface area contributed by atoms with E-state index in [4.69, 9.17) is 17.3 Å². The van der Waals surface area contributed by atoms with Gasteiger partial charge in [-0.25, -0.2) is 4.98 Å². The molecular weight excluding hydrogens is 258 g/mol. The predicted octanol–water partition coefficient (Wildman–Crippen LogP) is 3.63. The van der Waals surface area contributed by atoms with E-state index in [1.807, 2.05) is 22.8 Å². The van der Waals surface area contributed by atoms with Crippen molar-refractivity contribution in [1.29, 1.82) is 0 Å². The van der Waals surface area contributed by atoms with E-state index in [1.54, 1.807) is 0 Å². The van der Waals surface area contributed by atoms with Crippen LogP contribution in [0.25, 0.3) is 11.0 Å². The van der Waals surface area contributed by atoms with Crippen molar-refractivity contribution >= 4 is 28.6 Å². The van der Waals surface area contributed by atoms with E-state index >= 15 is 0 Å². The smallest absolute Gasteiger partial charge is 0.201 e. The summed E-state index contributed by atoms with van der Waals surface area (Å²) in [5.41, 5.74) is 10.3. The third-order valence-corrected chi connectivity index (χ3v) is 3.44. The highest BCUT2D eigenvalue weighted by Gasteiger charge is 2.08. The Labute approximate surface area is 116 Å². The van der Waals surface area contributed by atoms with Gasteiger partial charge in [0.05, 0.1) is 17.6 Å². The third-order valence-electron chi connectivity index (χ3n) is 3.20. The number of nitrogens with two attached hydrogens (primary N) is 1. The average Bonchev–Trinajstić information content (AvgIpc) is 2.68. The van der Waals surface area contributed by atoms with Crippen molar-refractivity contribution in [3.8, 4) is 0 Å². The standard InChI is InChI=1S/C15H14ClN3/c1-10-2-4-11(5-3-10)9-19-14-7-6-12(16)8-13(14)18-15(19)17/h2-8H,9H2,1H3,(H2,17,18). The molecule has 2 N–H and O–H groups in total. The Kier molecular flexibility index (Phi) is 2.91. The number of halogens is 1. The van der Waals surface area contributed by atoms with Crippen molar-refractivity contribution in [1.82, 2.24) is 9.55 Å². The summed E-state index contributed by atoms with van der Waals surface area (Å²) in [6, 6.07) is 14.1. The molecule has 3 rings (SSSR count). The number of fused-ring (bicyclic) bond motifs is 1. The fourth-order valence-electron chi connectivity index (χ4n) is 2.16. The molecule has 0 saturated carbocycles. The maximum Gasteiger partial charge on any atom is 0.201 e. The maximum absolute atomic E-state index is 5.99. The molecule has 0 saturated heterocycles. The number of nitrogens with zero attached hydrogens (tertiary/aromatic N) is 2. The van der Waals surface area contributed by atoms with Gasteiger partial charge in [0, 0.05) is 5.02 Å². The zero-order valence-electron chi connectivity index (χ0n) is 10.6. The van der Waals surface area contributed by atoms with Crippen LogP contribution in [0.5, 0.6) is 0 Å². The average molecular weight is 272 g/mol. The molecule has 1 aromatic heterocycles. The largest absolute Gasteiger partial charge is 0.369 e. The lowest BCUT2D eigenvalue weighted by Gasteiger charge is -2.07. The quantitative estimate of drug-likeness (QED) is 0.773. The molecule has 0 aliphatic rings. The predicted molar refractivity (Wildman–Crippen MR) is 79.4 cm³/mol. The number of imidazole rings is 1. The minimum absolute atomic E-state index is 0.512. The third kappa shape index (κ3) is 2.29. The molecule has 4 heteroatoms. The van der Waals surface area contributed by atoms with Crippen LogP contribution in [0.2, 0.25) is 5.02 Å². The molecule has 0 unspecified atom stereocenters. The highest BCUT2D eigenvalue weighted by Crippen LogP contribution is 2.22. The molecule has 0 aliphatic carbocycles. The second-order valence-electron chi connectivity index (χ2n) is 4.67. The molecule has 3 nitrogen and oxygen atoms in total. The van der Waals surface area contributed by atoms with Gasteiger partial charge in [-0.1, -0.05) is 41.4 Å². The molecule has 0 atom stereocenters. The van der Waals surface area contributed by atoms with Crippen LogP contribution >= 0.6 is 11.6 Å². The van der Waals surface area contributed by atoms with Crippen LogP contribution in [-0.4, -0.2) is 9.55 Å². The van der Waals surface area contributed by atoms with E-state index in [2.05, 4.69) is 36.2 Å². The van der Waals surface area contributed by atoms with Gasteiger partial charge in [-0.3, -0.25) is 0 Å². The van der Waals surface area contributed by atoms with Crippen molar-refractivity contribution in [2.45, 2.75) is 13.5 Å². The fourth-order valence-corrected chi connectivity index (χ4v) is 2.33. The molecule has 0 bridgehead atoms. The van der Waals surface area contributed by atoms with E-state index in [0.717, 1.165) is 11.0 Å². The first-order valence-electron chi connectivity index (χ1n) is 6.10. The normalized spacial score (nSPS) is 11.1. The van der Waals surface area contributed by atoms with Gasteiger partial charge in [0.25, 0.3) is 0 Å². The Hall–Kier alpha value is -2.00. The number of benzene rings is 2. The van der Waals surface area contributed by atoms with Crippen LogP contribution in [-0.2, 0) is 6.54 Å². The summed E-state index contributed by atoms with van der Waals surface area (Å²) >= 11 is 5.97. The summed E-state index contributed by atoms with van der Waals surface area (Å²) in [6.07, 6.45) is 0. The Balaban J connectivity index is 2.05. The zero-order valence-corrected chi connectivity index (χ0v) is 11.4. The summed E-state index contributed by atoms with van der Waals surface area (Å²) in [7, 11) is 0. The first-order chi connectivity index (χ1) is 9.13. The van der Waals surface area contributed by atoms with E-state index in [-0.39, 0.29) is 0 Å². The number of hydrogen-bond acceptors (Lipinski definition) is 2. The van der Waals surface area contributed by atoms with Crippen molar-refractivity contribution in [2.24, 2.45) is 0 Å². The molecule has 2 aromatic carbocycles. The van der Waals surface area contributed by atoms with Crippen LogP contribution in [0.1, 0.15) is 11.1 Å². The minimum atomic E-state index is 0.512. The molecule has 96 valence electrons. The molecule has 0 radical (unpaired) electrons. The fraction of sp³-hybridized carbons (Fsp3) is 0.133. The highest BCUT2D eigenvalue weighted by molar-refractivity contribution is 6.31. The molecule has 19 heavy (non-hydrogen) atoms. The molecule has 3 aromatic rings. The SMILES string of the molecule is Cc1ccc(Cn2c(N)nc3cc(Cl)ccc32)cc1. The molecule has 1 heterocycles. The lowest BCUT2D eigenvalue weighted by molar-refractivity contribution is 0.838. The second-order valence-corrected chi connectivity index (χ2v) is 5.11. The maximum atomic E-state index is 5.99. The summed E-state index contributed by atoms with van der Waals surface area (Å²) in [4.78, 5) is 4.34. The molecule has 0 amide bonds. The van der Waals surface area contributed by atoms with Gasteiger partial charge in [0.1, 0.15) is 0 Å². The van der Waals surface area contributed by atoms with Crippen molar-refractivity contribution in [2.75, 3.05) is 5.73 Å². The summed E-state index contributed by atoms with van der Waals surface area (Å²) < 4.78 is 2.00. The Bertz CT molecular complexity index is 729. The Morgan fingerprint density at radius 3 is 2.63 bits per heavy atom. The van der Waals surface area contributed by atoms with E-state index in [1.165, 1.54) is 11.1 Å². The monoisotopic (exact) mass is 271 g/mol. The summed E-state index contributed by atoms with van der Waals surface area (Å²) in [5, 5.41) is 0.674. The van der Waals surface area contributed by atoms with Crippen molar-refractivity contribution in [3.63, 3.8) is 0 Å². The second kappa shape index (κ2) is 4.59. The highest BCUT2D eigenvalue weighted by atomic mass is 35.5. The molecule has 0 spiro atoms.